The Bertz CT molecular complexity index is 841. The molecule has 0 radical (unpaired) electrons. The summed E-state index contributed by atoms with van der Waals surface area (Å²) >= 11 is 0. The molecule has 0 spiro atoms. The normalized spacial score (nSPS) is 24.1. The molecule has 0 aromatic heterocycles. The zero-order chi connectivity index (χ0) is 20.5. The van der Waals surface area contributed by atoms with Gasteiger partial charge in [0.1, 0.15) is 6.04 Å². The van der Waals surface area contributed by atoms with Gasteiger partial charge in [0.15, 0.2) is 6.61 Å². The standard InChI is InChI=1S/C22H26N2O5/c1-13(24-20(26)17-7-2-3-8-18(17)21(24)27)22(28)29-12-19(25)23-16-10-9-14-5-4-6-15(14)11-16/h9-11,13,17-18H,2-8,12H2,1H3,(H,23,25)/t13-,17+,18+/m0/s1. The molecule has 7 heteroatoms. The first-order valence-corrected chi connectivity index (χ1v) is 10.4. The van der Waals surface area contributed by atoms with Crippen molar-refractivity contribution in [1.82, 2.24) is 4.90 Å². The van der Waals surface area contributed by atoms with Crippen LogP contribution >= 0.6 is 0 Å². The van der Waals surface area contributed by atoms with Crippen LogP contribution in [-0.2, 0) is 36.8 Å². The zero-order valence-corrected chi connectivity index (χ0v) is 16.6. The third-order valence-electron chi connectivity index (χ3n) is 6.33. The van der Waals surface area contributed by atoms with Gasteiger partial charge >= 0.3 is 5.97 Å². The third kappa shape index (κ3) is 3.78. The minimum absolute atomic E-state index is 0.285. The van der Waals surface area contributed by atoms with E-state index >= 15 is 0 Å². The molecule has 3 atom stereocenters. The number of nitrogens with one attached hydrogen (secondary N) is 1. The van der Waals surface area contributed by atoms with Crippen LogP contribution in [0.2, 0.25) is 0 Å². The number of esters is 1. The lowest BCUT2D eigenvalue weighted by Gasteiger charge is -2.21. The quantitative estimate of drug-likeness (QED) is 0.606. The Morgan fingerprint density at radius 1 is 1.07 bits per heavy atom. The van der Waals surface area contributed by atoms with E-state index in [2.05, 4.69) is 5.32 Å². The molecule has 3 amide bonds. The number of likely N-dealkylation sites (tertiary alicyclic amines) is 1. The lowest BCUT2D eigenvalue weighted by Crippen LogP contribution is -2.45. The Morgan fingerprint density at radius 3 is 2.41 bits per heavy atom. The molecular formula is C22H26N2O5. The molecule has 29 heavy (non-hydrogen) atoms. The van der Waals surface area contributed by atoms with Crippen molar-refractivity contribution in [3.63, 3.8) is 0 Å². The van der Waals surface area contributed by atoms with Gasteiger partial charge in [0.2, 0.25) is 11.8 Å². The number of benzene rings is 1. The summed E-state index contributed by atoms with van der Waals surface area (Å²) in [5, 5.41) is 2.73. The Hall–Kier alpha value is -2.70. The van der Waals surface area contributed by atoms with Gasteiger partial charge in [0.05, 0.1) is 11.8 Å². The van der Waals surface area contributed by atoms with E-state index in [-0.39, 0.29) is 23.7 Å². The van der Waals surface area contributed by atoms with Crippen LogP contribution in [0.25, 0.3) is 0 Å². The molecule has 1 N–H and O–H groups in total. The van der Waals surface area contributed by atoms with Gasteiger partial charge in [-0.3, -0.25) is 19.3 Å². The van der Waals surface area contributed by atoms with Crippen LogP contribution in [-0.4, -0.2) is 41.2 Å². The summed E-state index contributed by atoms with van der Waals surface area (Å²) in [6.07, 6.45) is 6.43. The average molecular weight is 398 g/mol. The zero-order valence-electron chi connectivity index (χ0n) is 16.6. The minimum Gasteiger partial charge on any atom is -0.454 e. The van der Waals surface area contributed by atoms with Crippen LogP contribution in [0.4, 0.5) is 5.69 Å². The topological polar surface area (TPSA) is 92.8 Å². The number of carbonyl (C=O) groups excluding carboxylic acids is 4. The highest BCUT2D eigenvalue weighted by Gasteiger charge is 2.51. The molecule has 3 aliphatic rings. The number of aryl methyl sites for hydroxylation is 2. The van der Waals surface area contributed by atoms with Crippen LogP contribution in [0.3, 0.4) is 0 Å². The molecule has 0 bridgehead atoms. The number of hydrogen-bond donors (Lipinski definition) is 1. The van der Waals surface area contributed by atoms with Crippen LogP contribution in [0.1, 0.15) is 50.2 Å². The molecule has 1 aliphatic heterocycles. The second-order valence-corrected chi connectivity index (χ2v) is 8.21. The van der Waals surface area contributed by atoms with Gasteiger partial charge in [0, 0.05) is 5.69 Å². The number of nitrogens with zero attached hydrogens (tertiary/aromatic N) is 1. The predicted octanol–water partition coefficient (Wildman–Crippen LogP) is 2.22. The number of hydrogen-bond acceptors (Lipinski definition) is 5. The maximum absolute atomic E-state index is 12.6. The summed E-state index contributed by atoms with van der Waals surface area (Å²) in [5.74, 6) is -2.38. The monoisotopic (exact) mass is 398 g/mol. The summed E-state index contributed by atoms with van der Waals surface area (Å²) in [4.78, 5) is 50.8. The van der Waals surface area contributed by atoms with E-state index in [0.717, 1.165) is 37.0 Å². The van der Waals surface area contributed by atoms with Gasteiger partial charge in [-0.2, -0.15) is 0 Å². The lowest BCUT2D eigenvalue weighted by molar-refractivity contribution is -0.159. The maximum atomic E-state index is 12.6. The summed E-state index contributed by atoms with van der Waals surface area (Å²) in [6, 6.07) is 4.79. The predicted molar refractivity (Wildman–Crippen MR) is 105 cm³/mol. The van der Waals surface area contributed by atoms with E-state index in [1.165, 1.54) is 18.1 Å². The number of carbonyl (C=O) groups is 4. The number of anilines is 1. The summed E-state index contributed by atoms with van der Waals surface area (Å²) < 4.78 is 5.10. The lowest BCUT2D eigenvalue weighted by atomic mass is 9.81. The van der Waals surface area contributed by atoms with Crippen molar-refractivity contribution in [2.24, 2.45) is 11.8 Å². The van der Waals surface area contributed by atoms with Crippen molar-refractivity contribution in [2.75, 3.05) is 11.9 Å². The van der Waals surface area contributed by atoms with Crippen molar-refractivity contribution in [3.05, 3.63) is 29.3 Å². The minimum atomic E-state index is -1.02. The third-order valence-corrected chi connectivity index (χ3v) is 6.33. The van der Waals surface area contributed by atoms with Gasteiger partial charge in [-0.05, 0) is 62.3 Å². The molecule has 1 saturated heterocycles. The van der Waals surface area contributed by atoms with Gasteiger partial charge in [-0.25, -0.2) is 4.79 Å². The van der Waals surface area contributed by atoms with Crippen LogP contribution in [0.15, 0.2) is 18.2 Å². The summed E-state index contributed by atoms with van der Waals surface area (Å²) in [5.41, 5.74) is 3.22. The number of imide groups is 1. The summed E-state index contributed by atoms with van der Waals surface area (Å²) in [7, 11) is 0. The van der Waals surface area contributed by atoms with E-state index in [0.29, 0.717) is 18.5 Å². The SMILES string of the molecule is C[C@@H](C(=O)OCC(=O)Nc1ccc2c(c1)CCC2)N1C(=O)[C@@H]2CCCC[C@H]2C1=O. The van der Waals surface area contributed by atoms with Crippen LogP contribution in [0.5, 0.6) is 0 Å². The molecule has 2 fully saturated rings. The van der Waals surface area contributed by atoms with E-state index < -0.39 is 24.5 Å². The van der Waals surface area contributed by atoms with Crippen LogP contribution in [0, 0.1) is 11.8 Å². The first-order valence-electron chi connectivity index (χ1n) is 10.4. The van der Waals surface area contributed by atoms with Gasteiger partial charge in [0.25, 0.3) is 5.91 Å². The first kappa shape index (κ1) is 19.6. The Labute approximate surface area is 169 Å². The number of fused-ring (bicyclic) bond motifs is 2. The first-order chi connectivity index (χ1) is 14.0. The summed E-state index contributed by atoms with van der Waals surface area (Å²) in [6.45, 7) is 1.03. The smallest absolute Gasteiger partial charge is 0.329 e. The highest BCUT2D eigenvalue weighted by molar-refractivity contribution is 6.08. The molecule has 1 heterocycles. The molecule has 2 aliphatic carbocycles. The van der Waals surface area contributed by atoms with Crippen molar-refractivity contribution in [1.29, 1.82) is 0 Å². The maximum Gasteiger partial charge on any atom is 0.329 e. The molecule has 4 rings (SSSR count). The van der Waals surface area contributed by atoms with E-state index in [1.54, 1.807) is 0 Å². The van der Waals surface area contributed by atoms with E-state index in [1.807, 2.05) is 18.2 Å². The van der Waals surface area contributed by atoms with Gasteiger partial charge in [-0.15, -0.1) is 0 Å². The second-order valence-electron chi connectivity index (χ2n) is 8.21. The Kier molecular flexibility index (Phi) is 5.39. The van der Waals surface area contributed by atoms with Gasteiger partial charge < -0.3 is 10.1 Å². The number of amides is 3. The van der Waals surface area contributed by atoms with E-state index in [9.17, 15) is 19.2 Å². The van der Waals surface area contributed by atoms with Crippen LogP contribution < -0.4 is 5.32 Å². The average Bonchev–Trinajstić information content (AvgIpc) is 3.28. The fourth-order valence-electron chi connectivity index (χ4n) is 4.78. The molecule has 154 valence electrons. The number of ether oxygens (including phenoxy) is 1. The highest BCUT2D eigenvalue weighted by Crippen LogP contribution is 2.38. The molecular weight excluding hydrogens is 372 g/mol. The van der Waals surface area contributed by atoms with Crippen molar-refractivity contribution in [2.45, 2.75) is 57.9 Å². The fraction of sp³-hybridized carbons (Fsp3) is 0.545. The second kappa shape index (κ2) is 7.97. The van der Waals surface area contributed by atoms with Gasteiger partial charge in [-0.1, -0.05) is 18.9 Å². The fourth-order valence-corrected chi connectivity index (χ4v) is 4.78. The molecule has 0 unspecified atom stereocenters. The largest absolute Gasteiger partial charge is 0.454 e. The van der Waals surface area contributed by atoms with E-state index in [4.69, 9.17) is 4.74 Å². The molecule has 1 aromatic rings. The highest BCUT2D eigenvalue weighted by atomic mass is 16.5. The van der Waals surface area contributed by atoms with Crippen molar-refractivity contribution in [3.8, 4) is 0 Å². The molecule has 7 nitrogen and oxygen atoms in total. The Morgan fingerprint density at radius 2 is 1.72 bits per heavy atom. The Balaban J connectivity index is 1.31. The molecule has 1 aromatic carbocycles. The van der Waals surface area contributed by atoms with Crippen molar-refractivity contribution >= 4 is 29.4 Å². The number of rotatable bonds is 5. The van der Waals surface area contributed by atoms with Crippen molar-refractivity contribution < 1.29 is 23.9 Å². The molecule has 1 saturated carbocycles.